The fraction of sp³-hybridized carbons (Fsp3) is 0.526. The Hall–Kier alpha value is -2.48. The van der Waals surface area contributed by atoms with E-state index in [9.17, 15) is 19.1 Å². The Morgan fingerprint density at radius 3 is 2.74 bits per heavy atom. The van der Waals surface area contributed by atoms with Gasteiger partial charge in [-0.3, -0.25) is 4.79 Å². The molecule has 2 aromatic rings. The van der Waals surface area contributed by atoms with Gasteiger partial charge >= 0.3 is 5.97 Å². The molecule has 1 aliphatic heterocycles. The maximum Gasteiger partial charge on any atom is 0.341 e. The average Bonchev–Trinajstić information content (AvgIpc) is 3.46. The fourth-order valence-electron chi connectivity index (χ4n) is 3.97. The lowest BCUT2D eigenvalue weighted by atomic mass is 9.90. The van der Waals surface area contributed by atoms with E-state index in [1.165, 1.54) is 6.20 Å². The minimum Gasteiger partial charge on any atom is -0.477 e. The van der Waals surface area contributed by atoms with Gasteiger partial charge in [0.05, 0.1) is 5.39 Å². The van der Waals surface area contributed by atoms with Crippen LogP contribution in [0.3, 0.4) is 0 Å². The Bertz CT molecular complexity index is 970. The lowest BCUT2D eigenvalue weighted by molar-refractivity contribution is 0.0695. The quantitative estimate of drug-likeness (QED) is 0.850. The largest absolute Gasteiger partial charge is 0.477 e. The molecule has 2 atom stereocenters. The topological polar surface area (TPSA) is 101 Å². The zero-order valence-electron chi connectivity index (χ0n) is 15.2. The molecule has 144 valence electrons. The molecule has 3 heterocycles. The van der Waals surface area contributed by atoms with Crippen LogP contribution in [0.4, 0.5) is 10.2 Å². The van der Waals surface area contributed by atoms with E-state index in [1.54, 1.807) is 4.57 Å². The summed E-state index contributed by atoms with van der Waals surface area (Å²) in [5.74, 6) is -1.34. The highest BCUT2D eigenvalue weighted by Crippen LogP contribution is 2.37. The van der Waals surface area contributed by atoms with E-state index in [2.05, 4.69) is 11.9 Å². The molecule has 2 aliphatic rings. The molecule has 1 saturated carbocycles. The molecular weight excluding hydrogens is 351 g/mol. The van der Waals surface area contributed by atoms with Crippen LogP contribution in [-0.4, -0.2) is 39.8 Å². The molecule has 0 bridgehead atoms. The summed E-state index contributed by atoms with van der Waals surface area (Å²) in [5.41, 5.74) is 5.52. The Kier molecular flexibility index (Phi) is 4.38. The zero-order chi connectivity index (χ0) is 19.3. The molecule has 0 unspecified atom stereocenters. The third kappa shape index (κ3) is 3.07. The predicted molar refractivity (Wildman–Crippen MR) is 99.8 cm³/mol. The molecule has 7 nitrogen and oxygen atoms in total. The van der Waals surface area contributed by atoms with Crippen LogP contribution in [0.2, 0.25) is 0 Å². The van der Waals surface area contributed by atoms with Gasteiger partial charge in [0.1, 0.15) is 11.2 Å². The van der Waals surface area contributed by atoms with Gasteiger partial charge in [0.2, 0.25) is 5.43 Å². The second-order valence-corrected chi connectivity index (χ2v) is 7.55. The number of rotatable bonds is 4. The number of nitrogens with zero attached hydrogens (tertiary/aromatic N) is 3. The van der Waals surface area contributed by atoms with Crippen LogP contribution in [0.15, 0.2) is 17.1 Å². The van der Waals surface area contributed by atoms with Crippen molar-refractivity contribution in [3.63, 3.8) is 0 Å². The number of aromatic carboxylic acids is 1. The molecule has 0 aromatic carbocycles. The van der Waals surface area contributed by atoms with Gasteiger partial charge in [0.15, 0.2) is 11.6 Å². The molecule has 2 aromatic heterocycles. The average molecular weight is 374 g/mol. The number of nitrogens with two attached hydrogens (primary N) is 1. The minimum atomic E-state index is -1.31. The van der Waals surface area contributed by atoms with Crippen LogP contribution in [-0.2, 0) is 0 Å². The summed E-state index contributed by atoms with van der Waals surface area (Å²) in [4.78, 5) is 30.2. The number of carbonyl (C=O) groups is 1. The van der Waals surface area contributed by atoms with Gasteiger partial charge < -0.3 is 20.3 Å². The molecule has 1 aliphatic carbocycles. The Morgan fingerprint density at radius 2 is 2.15 bits per heavy atom. The number of aromatic nitrogens is 2. The van der Waals surface area contributed by atoms with Crippen LogP contribution in [0.1, 0.15) is 49.0 Å². The van der Waals surface area contributed by atoms with Crippen molar-refractivity contribution >= 4 is 22.8 Å². The third-order valence-electron chi connectivity index (χ3n) is 5.74. The number of hydrogen-bond donors (Lipinski definition) is 2. The molecule has 4 rings (SSSR count). The monoisotopic (exact) mass is 374 g/mol. The summed E-state index contributed by atoms with van der Waals surface area (Å²) >= 11 is 0. The number of piperidine rings is 1. The number of carboxylic acids is 1. The van der Waals surface area contributed by atoms with Gasteiger partial charge in [-0.15, -0.1) is 0 Å². The Balaban J connectivity index is 1.84. The maximum atomic E-state index is 14.8. The number of pyridine rings is 2. The van der Waals surface area contributed by atoms with E-state index in [-0.39, 0.29) is 28.9 Å². The molecule has 1 saturated heterocycles. The second kappa shape index (κ2) is 6.60. The number of fused-ring (bicyclic) bond motifs is 1. The molecule has 2 fully saturated rings. The van der Waals surface area contributed by atoms with Crippen molar-refractivity contribution in [1.82, 2.24) is 9.55 Å². The molecule has 3 N–H and O–H groups in total. The molecule has 27 heavy (non-hydrogen) atoms. The van der Waals surface area contributed by atoms with E-state index in [0.29, 0.717) is 24.7 Å². The molecule has 0 radical (unpaired) electrons. The smallest absolute Gasteiger partial charge is 0.341 e. The highest BCUT2D eigenvalue weighted by Gasteiger charge is 2.31. The van der Waals surface area contributed by atoms with Gasteiger partial charge in [-0.05, 0) is 31.2 Å². The molecule has 0 spiro atoms. The van der Waals surface area contributed by atoms with Crippen molar-refractivity contribution in [2.45, 2.75) is 44.7 Å². The van der Waals surface area contributed by atoms with Crippen LogP contribution in [0, 0.1) is 11.7 Å². The number of halogens is 1. The van der Waals surface area contributed by atoms with Gasteiger partial charge in [0, 0.05) is 31.4 Å². The first-order valence-electron chi connectivity index (χ1n) is 9.40. The normalized spacial score (nSPS) is 23.0. The molecule has 8 heteroatoms. The Morgan fingerprint density at radius 1 is 1.41 bits per heavy atom. The van der Waals surface area contributed by atoms with Crippen LogP contribution in [0.5, 0.6) is 0 Å². The lowest BCUT2D eigenvalue weighted by Gasteiger charge is -2.37. The summed E-state index contributed by atoms with van der Waals surface area (Å²) in [7, 11) is 0. The highest BCUT2D eigenvalue weighted by molar-refractivity contribution is 5.92. The molecular formula is C19H23FN4O3. The Labute approximate surface area is 155 Å². The van der Waals surface area contributed by atoms with Crippen LogP contribution in [0.25, 0.3) is 11.0 Å². The standard InChI is InChI=1S/C19H23FN4O3/c1-2-10-5-6-23(9-15(10)21)18-14(20)7-12-16(25)13(19(26)27)8-24(11-3-4-11)17(12)22-18/h7-8,10-11,15H,2-6,9,21H2,1H3,(H,26,27)/t10-,15-/m0/s1. The van der Waals surface area contributed by atoms with Crippen molar-refractivity contribution in [3.05, 3.63) is 33.9 Å². The third-order valence-corrected chi connectivity index (χ3v) is 5.74. The van der Waals surface area contributed by atoms with E-state index >= 15 is 0 Å². The zero-order valence-corrected chi connectivity index (χ0v) is 15.2. The van der Waals surface area contributed by atoms with Crippen molar-refractivity contribution < 1.29 is 14.3 Å². The minimum absolute atomic E-state index is 0.00999. The fourth-order valence-corrected chi connectivity index (χ4v) is 3.97. The summed E-state index contributed by atoms with van der Waals surface area (Å²) < 4.78 is 16.5. The van der Waals surface area contributed by atoms with Crippen LogP contribution >= 0.6 is 0 Å². The van der Waals surface area contributed by atoms with Gasteiger partial charge in [-0.2, -0.15) is 0 Å². The van der Waals surface area contributed by atoms with Crippen LogP contribution < -0.4 is 16.1 Å². The predicted octanol–water partition coefficient (Wildman–Crippen LogP) is 2.13. The molecule has 0 amide bonds. The van der Waals surface area contributed by atoms with Crippen molar-refractivity contribution in [3.8, 4) is 0 Å². The van der Waals surface area contributed by atoms with Gasteiger partial charge in [0.25, 0.3) is 0 Å². The highest BCUT2D eigenvalue weighted by atomic mass is 19.1. The summed E-state index contributed by atoms with van der Waals surface area (Å²) in [5, 5.41) is 9.32. The number of hydrogen-bond acceptors (Lipinski definition) is 5. The first kappa shape index (κ1) is 17.9. The van der Waals surface area contributed by atoms with E-state index < -0.39 is 17.2 Å². The maximum absolute atomic E-state index is 14.8. The van der Waals surface area contributed by atoms with E-state index in [1.807, 2.05) is 4.90 Å². The summed E-state index contributed by atoms with van der Waals surface area (Å²) in [6, 6.07) is 1.17. The van der Waals surface area contributed by atoms with E-state index in [0.717, 1.165) is 31.7 Å². The SMILES string of the molecule is CC[C@H]1CCN(c2nc3c(cc2F)c(=O)c(C(=O)O)cn3C2CC2)C[C@@H]1N. The second-order valence-electron chi connectivity index (χ2n) is 7.55. The van der Waals surface area contributed by atoms with E-state index in [4.69, 9.17) is 5.73 Å². The van der Waals surface area contributed by atoms with Crippen molar-refractivity contribution in [2.75, 3.05) is 18.0 Å². The van der Waals surface area contributed by atoms with Crippen molar-refractivity contribution in [2.24, 2.45) is 11.7 Å². The van der Waals surface area contributed by atoms with Crippen molar-refractivity contribution in [1.29, 1.82) is 0 Å². The first-order chi connectivity index (χ1) is 12.9. The number of carboxylic acid groups (broad SMARTS) is 1. The first-order valence-corrected chi connectivity index (χ1v) is 9.40. The van der Waals surface area contributed by atoms with Gasteiger partial charge in [-0.25, -0.2) is 14.2 Å². The summed E-state index contributed by atoms with van der Waals surface area (Å²) in [6.07, 6.45) is 4.97. The number of anilines is 1. The summed E-state index contributed by atoms with van der Waals surface area (Å²) in [6.45, 7) is 3.26. The lowest BCUT2D eigenvalue weighted by Crippen LogP contribution is -2.49. The van der Waals surface area contributed by atoms with Gasteiger partial charge in [-0.1, -0.05) is 13.3 Å².